The monoisotopic (exact) mass is 263 g/mol. The molecule has 0 bridgehead atoms. The van der Waals surface area contributed by atoms with Crippen molar-refractivity contribution in [3.8, 4) is 5.75 Å². The minimum atomic E-state index is -3.39. The van der Waals surface area contributed by atoms with E-state index >= 15 is 0 Å². The van der Waals surface area contributed by atoms with Crippen LogP contribution in [0.3, 0.4) is 0 Å². The third-order valence-corrected chi connectivity index (χ3v) is 3.25. The third kappa shape index (κ3) is 4.83. The van der Waals surface area contributed by atoms with E-state index in [9.17, 15) is 8.42 Å². The average Bonchev–Trinajstić information content (AvgIpc) is 2.17. The summed E-state index contributed by atoms with van der Waals surface area (Å²) < 4.78 is 26.7. The number of halogens is 1. The van der Waals surface area contributed by atoms with Crippen molar-refractivity contribution in [2.45, 2.75) is 13.3 Å². The lowest BCUT2D eigenvalue weighted by Crippen LogP contribution is -2.18. The van der Waals surface area contributed by atoms with Crippen molar-refractivity contribution in [3.05, 3.63) is 28.8 Å². The first kappa shape index (κ1) is 13.3. The predicted molar refractivity (Wildman–Crippen MR) is 64.3 cm³/mol. The van der Waals surface area contributed by atoms with Crippen LogP contribution in [-0.4, -0.2) is 20.8 Å². The first-order chi connectivity index (χ1) is 7.38. The standard InChI is InChI=1S/C10H14ClNO3S/c1-8-7-9(3-4-10(8)11)15-5-2-6-16(12,13)14/h3-4,7H,2,5-6H2,1H3,(H2,12,13,14). The molecule has 1 rings (SSSR count). The summed E-state index contributed by atoms with van der Waals surface area (Å²) in [5.74, 6) is 0.607. The summed E-state index contributed by atoms with van der Waals surface area (Å²) in [6.45, 7) is 2.19. The highest BCUT2D eigenvalue weighted by atomic mass is 35.5. The Hall–Kier alpha value is -0.780. The summed E-state index contributed by atoms with van der Waals surface area (Å²) >= 11 is 5.85. The number of aryl methyl sites for hydroxylation is 1. The fraction of sp³-hybridized carbons (Fsp3) is 0.400. The Kier molecular flexibility index (Phi) is 4.58. The predicted octanol–water partition coefficient (Wildman–Crippen LogP) is 1.71. The van der Waals surface area contributed by atoms with Crippen molar-refractivity contribution in [3.63, 3.8) is 0 Å². The fourth-order valence-corrected chi connectivity index (χ4v) is 1.79. The highest BCUT2D eigenvalue weighted by Crippen LogP contribution is 2.20. The lowest BCUT2D eigenvalue weighted by molar-refractivity contribution is 0.317. The van der Waals surface area contributed by atoms with Gasteiger partial charge in [0, 0.05) is 5.02 Å². The highest BCUT2D eigenvalue weighted by molar-refractivity contribution is 7.89. The number of rotatable bonds is 5. The molecule has 4 nitrogen and oxygen atoms in total. The van der Waals surface area contributed by atoms with Gasteiger partial charge in [-0.15, -0.1) is 0 Å². The van der Waals surface area contributed by atoms with Crippen LogP contribution in [0.5, 0.6) is 5.75 Å². The Morgan fingerprint density at radius 1 is 1.44 bits per heavy atom. The first-order valence-electron chi connectivity index (χ1n) is 4.78. The molecule has 0 aliphatic heterocycles. The molecule has 0 aromatic heterocycles. The summed E-state index contributed by atoms with van der Waals surface area (Å²) in [5.41, 5.74) is 0.922. The van der Waals surface area contributed by atoms with E-state index in [1.54, 1.807) is 18.2 Å². The molecular weight excluding hydrogens is 250 g/mol. The largest absolute Gasteiger partial charge is 0.494 e. The smallest absolute Gasteiger partial charge is 0.209 e. The van der Waals surface area contributed by atoms with Gasteiger partial charge in [0.2, 0.25) is 10.0 Å². The van der Waals surface area contributed by atoms with Gasteiger partial charge in [-0.3, -0.25) is 0 Å². The van der Waals surface area contributed by atoms with Gasteiger partial charge in [-0.25, -0.2) is 13.6 Å². The summed E-state index contributed by atoms with van der Waals surface area (Å²) in [6, 6.07) is 5.29. The molecule has 0 fully saturated rings. The van der Waals surface area contributed by atoms with Crippen LogP contribution >= 0.6 is 11.6 Å². The fourth-order valence-electron chi connectivity index (χ4n) is 1.16. The van der Waals surface area contributed by atoms with Crippen LogP contribution in [0.2, 0.25) is 5.02 Å². The summed E-state index contributed by atoms with van der Waals surface area (Å²) in [4.78, 5) is 0. The maximum absolute atomic E-state index is 10.6. The zero-order valence-electron chi connectivity index (χ0n) is 8.94. The van der Waals surface area contributed by atoms with Crippen LogP contribution in [0.25, 0.3) is 0 Å². The van der Waals surface area contributed by atoms with E-state index in [-0.39, 0.29) is 5.75 Å². The second kappa shape index (κ2) is 5.52. The SMILES string of the molecule is Cc1cc(OCCCS(N)(=O)=O)ccc1Cl. The molecule has 6 heteroatoms. The van der Waals surface area contributed by atoms with E-state index in [1.165, 1.54) is 0 Å². The van der Waals surface area contributed by atoms with Crippen LogP contribution in [0.15, 0.2) is 18.2 Å². The maximum Gasteiger partial charge on any atom is 0.209 e. The molecule has 0 spiro atoms. The minimum absolute atomic E-state index is 0.0699. The van der Waals surface area contributed by atoms with E-state index < -0.39 is 10.0 Å². The van der Waals surface area contributed by atoms with Crippen LogP contribution in [-0.2, 0) is 10.0 Å². The van der Waals surface area contributed by atoms with Gasteiger partial charge >= 0.3 is 0 Å². The van der Waals surface area contributed by atoms with E-state index in [4.69, 9.17) is 21.5 Å². The van der Waals surface area contributed by atoms with Crippen molar-refractivity contribution in [2.75, 3.05) is 12.4 Å². The third-order valence-electron chi connectivity index (χ3n) is 1.97. The molecule has 1 aromatic carbocycles. The minimum Gasteiger partial charge on any atom is -0.494 e. The molecule has 0 amide bonds. The normalized spacial score (nSPS) is 11.4. The van der Waals surface area contributed by atoms with Crippen LogP contribution < -0.4 is 9.88 Å². The molecule has 0 atom stereocenters. The second-order valence-corrected chi connectivity index (χ2v) is 5.62. The van der Waals surface area contributed by atoms with Gasteiger partial charge in [-0.2, -0.15) is 0 Å². The molecular formula is C10H14ClNO3S. The molecule has 0 saturated carbocycles. The Labute approximate surface area is 100 Å². The molecule has 0 aliphatic rings. The topological polar surface area (TPSA) is 69.4 Å². The molecule has 1 aromatic rings. The summed E-state index contributed by atoms with van der Waals surface area (Å²) in [6.07, 6.45) is 0.376. The lowest BCUT2D eigenvalue weighted by atomic mass is 10.2. The number of benzene rings is 1. The van der Waals surface area contributed by atoms with Crippen molar-refractivity contribution in [1.82, 2.24) is 0 Å². The number of hydrogen-bond acceptors (Lipinski definition) is 3. The Bertz CT molecular complexity index is 459. The Morgan fingerprint density at radius 3 is 2.69 bits per heavy atom. The van der Waals surface area contributed by atoms with Crippen molar-refractivity contribution in [1.29, 1.82) is 0 Å². The molecule has 0 heterocycles. The van der Waals surface area contributed by atoms with Gasteiger partial charge in [0.25, 0.3) is 0 Å². The van der Waals surface area contributed by atoms with Gasteiger partial charge in [-0.05, 0) is 37.1 Å². The molecule has 0 aliphatic carbocycles. The molecule has 0 radical (unpaired) electrons. The Morgan fingerprint density at radius 2 is 2.12 bits per heavy atom. The van der Waals surface area contributed by atoms with Gasteiger partial charge < -0.3 is 4.74 Å². The molecule has 90 valence electrons. The van der Waals surface area contributed by atoms with E-state index in [2.05, 4.69) is 0 Å². The molecule has 0 saturated heterocycles. The van der Waals surface area contributed by atoms with Crippen molar-refractivity contribution in [2.24, 2.45) is 5.14 Å². The summed E-state index contributed by atoms with van der Waals surface area (Å²) in [5, 5.41) is 5.54. The van der Waals surface area contributed by atoms with Gasteiger partial charge in [0.15, 0.2) is 0 Å². The molecule has 16 heavy (non-hydrogen) atoms. The average molecular weight is 264 g/mol. The van der Waals surface area contributed by atoms with Gasteiger partial charge in [0.1, 0.15) is 5.75 Å². The van der Waals surface area contributed by atoms with Crippen LogP contribution in [0.4, 0.5) is 0 Å². The Balaban J connectivity index is 2.41. The van der Waals surface area contributed by atoms with E-state index in [0.29, 0.717) is 23.8 Å². The number of hydrogen-bond donors (Lipinski definition) is 1. The van der Waals surface area contributed by atoms with Gasteiger partial charge in [-0.1, -0.05) is 11.6 Å². The number of nitrogens with two attached hydrogens (primary N) is 1. The van der Waals surface area contributed by atoms with Crippen molar-refractivity contribution < 1.29 is 13.2 Å². The van der Waals surface area contributed by atoms with Crippen LogP contribution in [0.1, 0.15) is 12.0 Å². The zero-order chi connectivity index (χ0) is 12.2. The lowest BCUT2D eigenvalue weighted by Gasteiger charge is -2.07. The zero-order valence-corrected chi connectivity index (χ0v) is 10.5. The quantitative estimate of drug-likeness (QED) is 0.822. The van der Waals surface area contributed by atoms with E-state index in [0.717, 1.165) is 5.56 Å². The molecule has 2 N–H and O–H groups in total. The van der Waals surface area contributed by atoms with Crippen molar-refractivity contribution >= 4 is 21.6 Å². The number of ether oxygens (including phenoxy) is 1. The first-order valence-corrected chi connectivity index (χ1v) is 6.87. The van der Waals surface area contributed by atoms with Gasteiger partial charge in [0.05, 0.1) is 12.4 Å². The highest BCUT2D eigenvalue weighted by Gasteiger charge is 2.03. The molecule has 0 unspecified atom stereocenters. The number of sulfonamides is 1. The van der Waals surface area contributed by atoms with Crippen LogP contribution in [0, 0.1) is 6.92 Å². The summed E-state index contributed by atoms with van der Waals surface area (Å²) in [7, 11) is -3.39. The maximum atomic E-state index is 10.6. The second-order valence-electron chi connectivity index (χ2n) is 3.48. The van der Waals surface area contributed by atoms with E-state index in [1.807, 2.05) is 6.92 Å². The number of primary sulfonamides is 1.